The van der Waals surface area contributed by atoms with Crippen LogP contribution in [0.15, 0.2) is 48.5 Å². The number of rotatable bonds is 5. The van der Waals surface area contributed by atoms with Crippen LogP contribution in [0.3, 0.4) is 0 Å². The molecule has 3 rings (SSSR count). The van der Waals surface area contributed by atoms with Gasteiger partial charge in [0, 0.05) is 5.02 Å². The minimum atomic E-state index is -0.162. The number of benzene rings is 2. The Balaban J connectivity index is 1.75. The second-order valence-corrected chi connectivity index (χ2v) is 7.06. The Kier molecular flexibility index (Phi) is 5.98. The number of nitrogens with one attached hydrogen (secondary N) is 1. The van der Waals surface area contributed by atoms with Gasteiger partial charge in [0.25, 0.3) is 5.91 Å². The van der Waals surface area contributed by atoms with E-state index in [9.17, 15) is 4.79 Å². The molecule has 1 aliphatic rings. The topological polar surface area (TPSA) is 38.3 Å². The molecule has 1 fully saturated rings. The highest BCUT2D eigenvalue weighted by Gasteiger charge is 2.20. The first-order valence-electron chi connectivity index (χ1n) is 8.95. The lowest BCUT2D eigenvalue weighted by molar-refractivity contribution is 0.0928. The summed E-state index contributed by atoms with van der Waals surface area (Å²) in [5.41, 5.74) is 1.56. The molecule has 0 unspecified atom stereocenters. The predicted molar refractivity (Wildman–Crippen MR) is 101 cm³/mol. The summed E-state index contributed by atoms with van der Waals surface area (Å²) >= 11 is 6.12. The van der Waals surface area contributed by atoms with E-state index in [1.54, 1.807) is 18.2 Å². The molecule has 0 aliphatic heterocycles. The molecule has 1 N–H and O–H groups in total. The average Bonchev–Trinajstić information content (AvgIpc) is 2.64. The maximum Gasteiger partial charge on any atom is 0.255 e. The number of hydrogen-bond donors (Lipinski definition) is 1. The minimum Gasteiger partial charge on any atom is -0.490 e. The minimum absolute atomic E-state index is 0.0878. The summed E-state index contributed by atoms with van der Waals surface area (Å²) < 4.78 is 6.13. The number of halogens is 1. The number of ether oxygens (including phenoxy) is 1. The molecular weight excluding hydrogens is 334 g/mol. The molecule has 0 heterocycles. The molecule has 1 saturated carbocycles. The Morgan fingerprint density at radius 2 is 1.84 bits per heavy atom. The van der Waals surface area contributed by atoms with Gasteiger partial charge >= 0.3 is 0 Å². The van der Waals surface area contributed by atoms with Gasteiger partial charge in [0.15, 0.2) is 0 Å². The van der Waals surface area contributed by atoms with E-state index < -0.39 is 0 Å². The first kappa shape index (κ1) is 17.8. The summed E-state index contributed by atoms with van der Waals surface area (Å²) in [6, 6.07) is 15.1. The van der Waals surface area contributed by atoms with Crippen molar-refractivity contribution in [2.45, 2.75) is 51.2 Å². The van der Waals surface area contributed by atoms with Crippen LogP contribution in [-0.4, -0.2) is 12.0 Å². The number of carbonyl (C=O) groups is 1. The van der Waals surface area contributed by atoms with Crippen LogP contribution in [0.25, 0.3) is 0 Å². The second-order valence-electron chi connectivity index (χ2n) is 6.62. The van der Waals surface area contributed by atoms with Crippen molar-refractivity contribution < 1.29 is 9.53 Å². The molecule has 1 amide bonds. The molecule has 0 aromatic heterocycles. The molecule has 0 bridgehead atoms. The molecule has 4 heteroatoms. The van der Waals surface area contributed by atoms with E-state index in [0.29, 0.717) is 16.3 Å². The Bertz CT molecular complexity index is 711. The van der Waals surface area contributed by atoms with Crippen LogP contribution in [0.4, 0.5) is 0 Å². The normalized spacial score (nSPS) is 16.2. The fourth-order valence-electron chi connectivity index (χ4n) is 3.24. The van der Waals surface area contributed by atoms with Gasteiger partial charge < -0.3 is 10.1 Å². The van der Waals surface area contributed by atoms with Crippen molar-refractivity contribution in [2.75, 3.05) is 0 Å². The summed E-state index contributed by atoms with van der Waals surface area (Å²) in [7, 11) is 0. The molecule has 0 spiro atoms. The highest BCUT2D eigenvalue weighted by molar-refractivity contribution is 6.31. The highest BCUT2D eigenvalue weighted by atomic mass is 35.5. The number of carbonyl (C=O) groups excluding carboxylic acids is 1. The molecular formula is C21H24ClNO2. The molecule has 1 aliphatic carbocycles. The summed E-state index contributed by atoms with van der Waals surface area (Å²) in [6.45, 7) is 1.97. The third-order valence-corrected chi connectivity index (χ3v) is 4.91. The Hall–Kier alpha value is -2.00. The molecule has 1 atom stereocenters. The van der Waals surface area contributed by atoms with Crippen LogP contribution in [0.1, 0.15) is 61.0 Å². The zero-order valence-electron chi connectivity index (χ0n) is 14.5. The second kappa shape index (κ2) is 8.39. The van der Waals surface area contributed by atoms with Gasteiger partial charge in [-0.3, -0.25) is 4.79 Å². The smallest absolute Gasteiger partial charge is 0.255 e. The maximum atomic E-state index is 12.8. The molecule has 2 aromatic carbocycles. The van der Waals surface area contributed by atoms with E-state index in [1.807, 2.05) is 37.3 Å². The molecule has 25 heavy (non-hydrogen) atoms. The molecule has 3 nitrogen and oxygen atoms in total. The zero-order chi connectivity index (χ0) is 17.6. The molecule has 132 valence electrons. The van der Waals surface area contributed by atoms with Crippen molar-refractivity contribution in [1.82, 2.24) is 5.32 Å². The van der Waals surface area contributed by atoms with Crippen LogP contribution >= 0.6 is 11.6 Å². The summed E-state index contributed by atoms with van der Waals surface area (Å²) in [5, 5.41) is 3.58. The summed E-state index contributed by atoms with van der Waals surface area (Å²) in [5.74, 6) is 0.457. The fourth-order valence-corrected chi connectivity index (χ4v) is 3.42. The van der Waals surface area contributed by atoms with Crippen molar-refractivity contribution in [3.05, 3.63) is 64.7 Å². The molecule has 0 radical (unpaired) electrons. The number of hydrogen-bond acceptors (Lipinski definition) is 2. The van der Waals surface area contributed by atoms with Gasteiger partial charge in [-0.25, -0.2) is 0 Å². The van der Waals surface area contributed by atoms with Crippen LogP contribution in [0.5, 0.6) is 5.75 Å². The van der Waals surface area contributed by atoms with Crippen molar-refractivity contribution in [2.24, 2.45) is 0 Å². The van der Waals surface area contributed by atoms with Crippen molar-refractivity contribution in [3.63, 3.8) is 0 Å². The monoisotopic (exact) mass is 357 g/mol. The van der Waals surface area contributed by atoms with E-state index in [2.05, 4.69) is 5.32 Å². The van der Waals surface area contributed by atoms with Gasteiger partial charge in [-0.1, -0.05) is 48.4 Å². The van der Waals surface area contributed by atoms with Crippen molar-refractivity contribution in [1.29, 1.82) is 0 Å². The van der Waals surface area contributed by atoms with Crippen LogP contribution in [0.2, 0.25) is 5.02 Å². The quantitative estimate of drug-likeness (QED) is 0.762. The average molecular weight is 358 g/mol. The van der Waals surface area contributed by atoms with Crippen LogP contribution < -0.4 is 10.1 Å². The predicted octanol–water partition coefficient (Wildman–Crippen LogP) is 5.54. The van der Waals surface area contributed by atoms with Gasteiger partial charge in [-0.2, -0.15) is 0 Å². The van der Waals surface area contributed by atoms with E-state index >= 15 is 0 Å². The van der Waals surface area contributed by atoms with Gasteiger partial charge in [0.1, 0.15) is 5.75 Å². The van der Waals surface area contributed by atoms with E-state index in [-0.39, 0.29) is 18.1 Å². The van der Waals surface area contributed by atoms with Gasteiger partial charge in [-0.05, 0) is 56.4 Å². The lowest BCUT2D eigenvalue weighted by atomic mass is 9.97. The lowest BCUT2D eigenvalue weighted by Gasteiger charge is -2.24. The summed E-state index contributed by atoms with van der Waals surface area (Å²) in [4.78, 5) is 12.8. The van der Waals surface area contributed by atoms with E-state index in [1.165, 1.54) is 19.3 Å². The Labute approximate surface area is 154 Å². The standard InChI is InChI=1S/C21H24ClNO2/c1-15(16-8-4-2-5-9-16)23-21(24)19-14-17(22)12-13-20(19)25-18-10-6-3-7-11-18/h2,4-5,8-9,12-15,18H,3,6-7,10-11H2,1H3,(H,23,24)/t15-/m0/s1. The highest BCUT2D eigenvalue weighted by Crippen LogP contribution is 2.28. The Morgan fingerprint density at radius 3 is 2.56 bits per heavy atom. The van der Waals surface area contributed by atoms with Crippen LogP contribution in [-0.2, 0) is 0 Å². The lowest BCUT2D eigenvalue weighted by Crippen LogP contribution is -2.28. The first-order chi connectivity index (χ1) is 12.1. The van der Waals surface area contributed by atoms with Crippen LogP contribution in [0, 0.1) is 0 Å². The van der Waals surface area contributed by atoms with Gasteiger partial charge in [-0.15, -0.1) is 0 Å². The third-order valence-electron chi connectivity index (χ3n) is 4.68. The van der Waals surface area contributed by atoms with Crippen molar-refractivity contribution >= 4 is 17.5 Å². The van der Waals surface area contributed by atoms with E-state index in [4.69, 9.17) is 16.3 Å². The largest absolute Gasteiger partial charge is 0.490 e. The third kappa shape index (κ3) is 4.76. The maximum absolute atomic E-state index is 12.8. The SMILES string of the molecule is C[C@H](NC(=O)c1cc(Cl)ccc1OC1CCCCC1)c1ccccc1. The van der Waals surface area contributed by atoms with Crippen molar-refractivity contribution in [3.8, 4) is 5.75 Å². The van der Waals surface area contributed by atoms with Gasteiger partial charge in [0.05, 0.1) is 17.7 Å². The molecule has 2 aromatic rings. The molecule has 0 saturated heterocycles. The zero-order valence-corrected chi connectivity index (χ0v) is 15.3. The summed E-state index contributed by atoms with van der Waals surface area (Å²) in [6.07, 6.45) is 5.92. The number of amides is 1. The van der Waals surface area contributed by atoms with Gasteiger partial charge in [0.2, 0.25) is 0 Å². The fraction of sp³-hybridized carbons (Fsp3) is 0.381. The first-order valence-corrected chi connectivity index (χ1v) is 9.33. The van der Waals surface area contributed by atoms with E-state index in [0.717, 1.165) is 18.4 Å². The Morgan fingerprint density at radius 1 is 1.12 bits per heavy atom.